The first-order chi connectivity index (χ1) is 11.4. The van der Waals surface area contributed by atoms with Crippen molar-refractivity contribution >= 4 is 38.6 Å². The van der Waals surface area contributed by atoms with E-state index < -0.39 is 10.0 Å². The summed E-state index contributed by atoms with van der Waals surface area (Å²) < 4.78 is 28.1. The molecule has 24 heavy (non-hydrogen) atoms. The third kappa shape index (κ3) is 4.49. The molecule has 0 aliphatic carbocycles. The highest BCUT2D eigenvalue weighted by atomic mass is 35.5. The molecule has 1 aliphatic rings. The summed E-state index contributed by atoms with van der Waals surface area (Å²) in [6, 6.07) is 10.7. The number of thiophene rings is 1. The van der Waals surface area contributed by atoms with E-state index in [1.54, 1.807) is 12.1 Å². The SMILES string of the molecule is CN1CCN(Cc2cccc(NS(=O)(=O)c3ccc(Cl)s3)c2)CC1. The third-order valence-electron chi connectivity index (χ3n) is 3.99. The van der Waals surface area contributed by atoms with E-state index in [1.165, 1.54) is 6.07 Å². The van der Waals surface area contributed by atoms with Crippen molar-refractivity contribution in [3.63, 3.8) is 0 Å². The quantitative estimate of drug-likeness (QED) is 0.859. The van der Waals surface area contributed by atoms with Crippen LogP contribution in [0.5, 0.6) is 0 Å². The van der Waals surface area contributed by atoms with E-state index in [9.17, 15) is 8.42 Å². The van der Waals surface area contributed by atoms with E-state index >= 15 is 0 Å². The summed E-state index contributed by atoms with van der Waals surface area (Å²) in [6.45, 7) is 5.01. The largest absolute Gasteiger partial charge is 0.304 e. The van der Waals surface area contributed by atoms with Crippen molar-refractivity contribution in [1.82, 2.24) is 9.80 Å². The van der Waals surface area contributed by atoms with Gasteiger partial charge in [-0.2, -0.15) is 0 Å². The van der Waals surface area contributed by atoms with Crippen molar-refractivity contribution in [2.75, 3.05) is 37.9 Å². The summed E-state index contributed by atoms with van der Waals surface area (Å²) >= 11 is 6.88. The zero-order valence-electron chi connectivity index (χ0n) is 13.4. The van der Waals surface area contributed by atoms with Crippen LogP contribution in [0.3, 0.4) is 0 Å². The standard InChI is InChI=1S/C16H20ClN3O2S2/c1-19-7-9-20(10-8-19)12-13-3-2-4-14(11-13)18-24(21,22)16-6-5-15(17)23-16/h2-6,11,18H,7-10,12H2,1H3. The predicted molar refractivity (Wildman–Crippen MR) is 99.4 cm³/mol. The Kier molecular flexibility index (Phi) is 5.46. The van der Waals surface area contributed by atoms with Crippen molar-refractivity contribution < 1.29 is 8.42 Å². The number of rotatable bonds is 5. The van der Waals surface area contributed by atoms with E-state index in [0.717, 1.165) is 49.6 Å². The van der Waals surface area contributed by atoms with Gasteiger partial charge < -0.3 is 4.90 Å². The molecule has 2 heterocycles. The van der Waals surface area contributed by atoms with Gasteiger partial charge in [0.2, 0.25) is 0 Å². The molecule has 1 aromatic carbocycles. The Morgan fingerprint density at radius 1 is 1.17 bits per heavy atom. The second-order valence-corrected chi connectivity index (χ2v) is 9.57. The molecular weight excluding hydrogens is 366 g/mol. The molecule has 3 rings (SSSR count). The van der Waals surface area contributed by atoms with Crippen LogP contribution in [0.4, 0.5) is 5.69 Å². The zero-order valence-corrected chi connectivity index (χ0v) is 15.8. The molecule has 0 spiro atoms. The molecule has 0 atom stereocenters. The fraction of sp³-hybridized carbons (Fsp3) is 0.375. The second kappa shape index (κ2) is 7.41. The highest BCUT2D eigenvalue weighted by Crippen LogP contribution is 2.27. The van der Waals surface area contributed by atoms with Crippen molar-refractivity contribution in [1.29, 1.82) is 0 Å². The summed E-state index contributed by atoms with van der Waals surface area (Å²) in [5, 5.41) is 0. The lowest BCUT2D eigenvalue weighted by Gasteiger charge is -2.32. The van der Waals surface area contributed by atoms with Gasteiger partial charge in [0.1, 0.15) is 4.21 Å². The lowest BCUT2D eigenvalue weighted by molar-refractivity contribution is 0.148. The average Bonchev–Trinajstić information content (AvgIpc) is 2.97. The minimum absolute atomic E-state index is 0.219. The van der Waals surface area contributed by atoms with Crippen molar-refractivity contribution in [2.45, 2.75) is 10.8 Å². The molecule has 8 heteroatoms. The number of piperazine rings is 1. The molecule has 0 saturated carbocycles. The van der Waals surface area contributed by atoms with E-state index in [0.29, 0.717) is 10.0 Å². The zero-order chi connectivity index (χ0) is 17.2. The summed E-state index contributed by atoms with van der Waals surface area (Å²) in [4.78, 5) is 4.69. The van der Waals surface area contributed by atoms with Crippen LogP contribution >= 0.6 is 22.9 Å². The van der Waals surface area contributed by atoms with E-state index in [1.807, 2.05) is 18.2 Å². The summed E-state index contributed by atoms with van der Waals surface area (Å²) in [5.74, 6) is 0. The smallest absolute Gasteiger partial charge is 0.271 e. The Balaban J connectivity index is 1.69. The van der Waals surface area contributed by atoms with Gasteiger partial charge in [0, 0.05) is 38.4 Å². The Labute approximate surface area is 151 Å². The Morgan fingerprint density at radius 3 is 2.58 bits per heavy atom. The number of hydrogen-bond donors (Lipinski definition) is 1. The number of anilines is 1. The van der Waals surface area contributed by atoms with Crippen LogP contribution in [0.25, 0.3) is 0 Å². The molecule has 1 saturated heterocycles. The molecule has 130 valence electrons. The maximum absolute atomic E-state index is 12.4. The number of likely N-dealkylation sites (N-methyl/N-ethyl adjacent to an activating group) is 1. The van der Waals surface area contributed by atoms with E-state index in [-0.39, 0.29) is 4.21 Å². The summed E-state index contributed by atoms with van der Waals surface area (Å²) in [5.41, 5.74) is 1.68. The second-order valence-electron chi connectivity index (χ2n) is 5.94. The summed E-state index contributed by atoms with van der Waals surface area (Å²) in [7, 11) is -1.46. The van der Waals surface area contributed by atoms with Crippen LogP contribution in [0.1, 0.15) is 5.56 Å². The van der Waals surface area contributed by atoms with Crippen molar-refractivity contribution in [3.8, 4) is 0 Å². The minimum Gasteiger partial charge on any atom is -0.304 e. The first kappa shape index (κ1) is 17.7. The fourth-order valence-corrected chi connectivity index (χ4v) is 5.18. The average molecular weight is 386 g/mol. The van der Waals surface area contributed by atoms with Crippen LogP contribution < -0.4 is 4.72 Å². The number of nitrogens with zero attached hydrogens (tertiary/aromatic N) is 2. The number of halogens is 1. The monoisotopic (exact) mass is 385 g/mol. The number of hydrogen-bond acceptors (Lipinski definition) is 5. The minimum atomic E-state index is -3.59. The van der Waals surface area contributed by atoms with Gasteiger partial charge in [-0.25, -0.2) is 8.42 Å². The molecular formula is C16H20ClN3O2S2. The molecule has 0 amide bonds. The molecule has 2 aromatic rings. The predicted octanol–water partition coefficient (Wildman–Crippen LogP) is 2.95. The highest BCUT2D eigenvalue weighted by Gasteiger charge is 2.18. The lowest BCUT2D eigenvalue weighted by atomic mass is 10.2. The first-order valence-electron chi connectivity index (χ1n) is 7.70. The Hall–Kier alpha value is -1.12. The first-order valence-corrected chi connectivity index (χ1v) is 10.4. The molecule has 0 bridgehead atoms. The van der Waals surface area contributed by atoms with Crippen LogP contribution in [-0.4, -0.2) is 51.4 Å². The maximum Gasteiger partial charge on any atom is 0.271 e. The fourth-order valence-electron chi connectivity index (χ4n) is 2.64. The van der Waals surface area contributed by atoms with Gasteiger partial charge in [0.15, 0.2) is 0 Å². The number of benzene rings is 1. The molecule has 5 nitrogen and oxygen atoms in total. The molecule has 1 N–H and O–H groups in total. The van der Waals surface area contributed by atoms with Crippen LogP contribution in [0.15, 0.2) is 40.6 Å². The number of nitrogens with one attached hydrogen (secondary N) is 1. The van der Waals surface area contributed by atoms with Gasteiger partial charge in [0.05, 0.1) is 4.34 Å². The maximum atomic E-state index is 12.4. The lowest BCUT2D eigenvalue weighted by Crippen LogP contribution is -2.43. The highest BCUT2D eigenvalue weighted by molar-refractivity contribution is 7.94. The van der Waals surface area contributed by atoms with Gasteiger partial charge in [-0.05, 0) is 36.9 Å². The van der Waals surface area contributed by atoms with Crippen molar-refractivity contribution in [3.05, 3.63) is 46.3 Å². The third-order valence-corrected chi connectivity index (χ3v) is 7.10. The Bertz CT molecular complexity index is 799. The van der Waals surface area contributed by atoms with Gasteiger partial charge in [-0.3, -0.25) is 9.62 Å². The normalized spacial score (nSPS) is 17.1. The van der Waals surface area contributed by atoms with Gasteiger partial charge in [-0.1, -0.05) is 23.7 Å². The summed E-state index contributed by atoms with van der Waals surface area (Å²) in [6.07, 6.45) is 0. The Morgan fingerprint density at radius 2 is 1.92 bits per heavy atom. The van der Waals surface area contributed by atoms with Crippen molar-refractivity contribution in [2.24, 2.45) is 0 Å². The van der Waals surface area contributed by atoms with Crippen LogP contribution in [0.2, 0.25) is 4.34 Å². The van der Waals surface area contributed by atoms with Gasteiger partial charge in [0.25, 0.3) is 10.0 Å². The topological polar surface area (TPSA) is 52.6 Å². The van der Waals surface area contributed by atoms with Crippen LogP contribution in [0, 0.1) is 0 Å². The molecule has 1 fully saturated rings. The molecule has 0 unspecified atom stereocenters. The van der Waals surface area contributed by atoms with E-state index in [2.05, 4.69) is 21.6 Å². The van der Waals surface area contributed by atoms with E-state index in [4.69, 9.17) is 11.6 Å². The van der Waals surface area contributed by atoms with Gasteiger partial charge in [-0.15, -0.1) is 11.3 Å². The number of sulfonamides is 1. The van der Waals surface area contributed by atoms with Crippen LogP contribution in [-0.2, 0) is 16.6 Å². The molecule has 1 aliphatic heterocycles. The molecule has 1 aromatic heterocycles. The van der Waals surface area contributed by atoms with Gasteiger partial charge >= 0.3 is 0 Å². The molecule has 0 radical (unpaired) electrons.